The summed E-state index contributed by atoms with van der Waals surface area (Å²) in [6.07, 6.45) is 3.39. The average Bonchev–Trinajstić information content (AvgIpc) is 2.83. The van der Waals surface area contributed by atoms with E-state index >= 15 is 0 Å². The highest BCUT2D eigenvalue weighted by molar-refractivity contribution is 5.25. The van der Waals surface area contributed by atoms with Crippen LogP contribution in [0.4, 0.5) is 5.95 Å². The van der Waals surface area contributed by atoms with Gasteiger partial charge in [-0.2, -0.15) is 9.97 Å². The lowest BCUT2D eigenvalue weighted by atomic mass is 10.2. The third-order valence-electron chi connectivity index (χ3n) is 3.42. The molecule has 1 unspecified atom stereocenters. The van der Waals surface area contributed by atoms with Crippen LogP contribution in [-0.4, -0.2) is 52.2 Å². The Hall–Kier alpha value is -1.67. The van der Waals surface area contributed by atoms with E-state index in [0.29, 0.717) is 12.6 Å². The van der Waals surface area contributed by atoms with Crippen LogP contribution < -0.4 is 20.7 Å². The van der Waals surface area contributed by atoms with Crippen LogP contribution in [0.1, 0.15) is 33.1 Å². The second-order valence-corrected chi connectivity index (χ2v) is 5.45. The van der Waals surface area contributed by atoms with Crippen molar-refractivity contribution in [2.45, 2.75) is 45.3 Å². The van der Waals surface area contributed by atoms with Crippen molar-refractivity contribution in [2.75, 3.05) is 25.6 Å². The maximum atomic E-state index is 5.62. The maximum Gasteiger partial charge on any atom is 0.324 e. The minimum absolute atomic E-state index is 0.0296. The molecule has 1 atom stereocenters. The molecule has 1 aliphatic heterocycles. The van der Waals surface area contributed by atoms with Gasteiger partial charge in [0, 0.05) is 6.04 Å². The molecular weight excluding hydrogens is 272 g/mol. The molecule has 0 radical (unpaired) electrons. The molecule has 0 bridgehead atoms. The van der Waals surface area contributed by atoms with Gasteiger partial charge in [-0.1, -0.05) is 0 Å². The van der Waals surface area contributed by atoms with Crippen molar-refractivity contribution in [3.63, 3.8) is 0 Å². The smallest absolute Gasteiger partial charge is 0.324 e. The van der Waals surface area contributed by atoms with Crippen LogP contribution in [0.15, 0.2) is 0 Å². The van der Waals surface area contributed by atoms with Gasteiger partial charge in [-0.15, -0.1) is 4.98 Å². The number of nitrogens with one attached hydrogen (secondary N) is 1. The van der Waals surface area contributed by atoms with Crippen molar-refractivity contribution in [1.82, 2.24) is 19.9 Å². The van der Waals surface area contributed by atoms with Crippen LogP contribution >= 0.6 is 0 Å². The second-order valence-electron chi connectivity index (χ2n) is 5.45. The number of nitrogen functional groups attached to an aromatic ring is 1. The predicted molar refractivity (Wildman–Crippen MR) is 79.2 cm³/mol. The second kappa shape index (κ2) is 7.37. The van der Waals surface area contributed by atoms with Crippen LogP contribution in [0.3, 0.4) is 0 Å². The molecule has 1 saturated heterocycles. The summed E-state index contributed by atoms with van der Waals surface area (Å²) in [7, 11) is 2.14. The predicted octanol–water partition coefficient (Wildman–Crippen LogP) is 0.808. The summed E-state index contributed by atoms with van der Waals surface area (Å²) in [5.41, 5.74) is 2.39. The van der Waals surface area contributed by atoms with Gasteiger partial charge in [0.1, 0.15) is 0 Å². The lowest BCUT2D eigenvalue weighted by Crippen LogP contribution is -2.26. The first-order chi connectivity index (χ1) is 10.1. The summed E-state index contributed by atoms with van der Waals surface area (Å²) >= 11 is 0. The van der Waals surface area contributed by atoms with E-state index in [4.69, 9.17) is 15.3 Å². The number of rotatable bonds is 7. The molecule has 3 N–H and O–H groups in total. The number of hydrogen-bond acceptors (Lipinski definition) is 8. The third-order valence-corrected chi connectivity index (χ3v) is 3.42. The number of hydrogen-bond donors (Lipinski definition) is 2. The zero-order chi connectivity index (χ0) is 15.2. The van der Waals surface area contributed by atoms with Gasteiger partial charge in [0.2, 0.25) is 5.95 Å². The standard InChI is InChI=1S/C13H24N6O2/c1-9(2)21-13-16-11(18-14)15-12(17-13)20-8-6-10-5-4-7-19(10)3/h9-10H,4-8,14H2,1-3H3,(H,15,16,17,18). The third kappa shape index (κ3) is 4.68. The lowest BCUT2D eigenvalue weighted by molar-refractivity contribution is 0.203. The number of likely N-dealkylation sites (tertiary alicyclic amines) is 1. The Labute approximate surface area is 125 Å². The van der Waals surface area contributed by atoms with E-state index in [1.807, 2.05) is 13.8 Å². The van der Waals surface area contributed by atoms with Gasteiger partial charge in [-0.3, -0.25) is 5.43 Å². The summed E-state index contributed by atoms with van der Waals surface area (Å²) < 4.78 is 11.1. The number of hydrazine groups is 1. The maximum absolute atomic E-state index is 5.62. The van der Waals surface area contributed by atoms with Crippen LogP contribution in [0.5, 0.6) is 12.0 Å². The molecule has 0 saturated carbocycles. The fraction of sp³-hybridized carbons (Fsp3) is 0.769. The van der Waals surface area contributed by atoms with E-state index in [9.17, 15) is 0 Å². The van der Waals surface area contributed by atoms with E-state index in [1.54, 1.807) is 0 Å². The fourth-order valence-electron chi connectivity index (χ4n) is 2.36. The Morgan fingerprint density at radius 2 is 2.10 bits per heavy atom. The normalized spacial score (nSPS) is 19.0. The minimum atomic E-state index is -0.0296. The minimum Gasteiger partial charge on any atom is -0.463 e. The highest BCUT2D eigenvalue weighted by Gasteiger charge is 2.20. The van der Waals surface area contributed by atoms with Crippen molar-refractivity contribution < 1.29 is 9.47 Å². The molecule has 0 aliphatic carbocycles. The molecular formula is C13H24N6O2. The van der Waals surface area contributed by atoms with Crippen molar-refractivity contribution in [2.24, 2.45) is 5.84 Å². The quantitative estimate of drug-likeness (QED) is 0.563. The van der Waals surface area contributed by atoms with Crippen LogP contribution in [0, 0.1) is 0 Å². The number of ether oxygens (including phenoxy) is 2. The number of nitrogens with zero attached hydrogens (tertiary/aromatic N) is 4. The summed E-state index contributed by atoms with van der Waals surface area (Å²) in [5.74, 6) is 5.57. The molecule has 1 aromatic heterocycles. The van der Waals surface area contributed by atoms with Gasteiger partial charge in [-0.05, 0) is 46.7 Å². The van der Waals surface area contributed by atoms with Gasteiger partial charge < -0.3 is 14.4 Å². The number of nitrogens with two attached hydrogens (primary N) is 1. The molecule has 2 heterocycles. The fourth-order valence-corrected chi connectivity index (χ4v) is 2.36. The molecule has 21 heavy (non-hydrogen) atoms. The Balaban J connectivity index is 1.92. The highest BCUT2D eigenvalue weighted by Crippen LogP contribution is 2.18. The van der Waals surface area contributed by atoms with Gasteiger partial charge in [0.05, 0.1) is 12.7 Å². The van der Waals surface area contributed by atoms with Gasteiger partial charge in [-0.25, -0.2) is 5.84 Å². The van der Waals surface area contributed by atoms with E-state index in [-0.39, 0.29) is 24.1 Å². The lowest BCUT2D eigenvalue weighted by Gasteiger charge is -2.19. The van der Waals surface area contributed by atoms with Gasteiger partial charge in [0.15, 0.2) is 0 Å². The number of aromatic nitrogens is 3. The molecule has 0 aromatic carbocycles. The topological polar surface area (TPSA) is 98.4 Å². The largest absolute Gasteiger partial charge is 0.463 e. The molecule has 0 spiro atoms. The SMILES string of the molecule is CC(C)Oc1nc(NN)nc(OCCC2CCCN2C)n1. The summed E-state index contributed by atoms with van der Waals surface area (Å²) in [4.78, 5) is 14.6. The van der Waals surface area contributed by atoms with E-state index in [1.165, 1.54) is 12.8 Å². The molecule has 8 nitrogen and oxygen atoms in total. The Bertz CT molecular complexity index is 456. The Morgan fingerprint density at radius 1 is 1.33 bits per heavy atom. The average molecular weight is 296 g/mol. The Morgan fingerprint density at radius 3 is 2.71 bits per heavy atom. The monoisotopic (exact) mass is 296 g/mol. The zero-order valence-electron chi connectivity index (χ0n) is 12.9. The summed E-state index contributed by atoms with van der Waals surface area (Å²) in [6.45, 7) is 5.51. The first-order valence-corrected chi connectivity index (χ1v) is 7.31. The molecule has 118 valence electrons. The van der Waals surface area contributed by atoms with Crippen LogP contribution in [0.25, 0.3) is 0 Å². The van der Waals surface area contributed by atoms with Crippen molar-refractivity contribution >= 4 is 5.95 Å². The van der Waals surface area contributed by atoms with Gasteiger partial charge >= 0.3 is 12.0 Å². The molecule has 1 aliphatic rings. The number of anilines is 1. The molecule has 1 fully saturated rings. The van der Waals surface area contributed by atoms with E-state index in [2.05, 4.69) is 32.3 Å². The highest BCUT2D eigenvalue weighted by atomic mass is 16.5. The van der Waals surface area contributed by atoms with Crippen LogP contribution in [0.2, 0.25) is 0 Å². The molecule has 8 heteroatoms. The molecule has 0 amide bonds. The van der Waals surface area contributed by atoms with Crippen molar-refractivity contribution in [3.8, 4) is 12.0 Å². The Kier molecular flexibility index (Phi) is 5.51. The van der Waals surface area contributed by atoms with Gasteiger partial charge in [0.25, 0.3) is 0 Å². The zero-order valence-corrected chi connectivity index (χ0v) is 12.9. The first kappa shape index (κ1) is 15.7. The summed E-state index contributed by atoms with van der Waals surface area (Å²) in [5, 5.41) is 0. The first-order valence-electron chi connectivity index (χ1n) is 7.31. The van der Waals surface area contributed by atoms with E-state index in [0.717, 1.165) is 13.0 Å². The van der Waals surface area contributed by atoms with E-state index < -0.39 is 0 Å². The summed E-state index contributed by atoms with van der Waals surface area (Å²) in [6, 6.07) is 1.01. The van der Waals surface area contributed by atoms with Crippen LogP contribution in [-0.2, 0) is 0 Å². The van der Waals surface area contributed by atoms with Crippen molar-refractivity contribution in [1.29, 1.82) is 0 Å². The molecule has 1 aromatic rings. The molecule has 2 rings (SSSR count). The van der Waals surface area contributed by atoms with Crippen molar-refractivity contribution in [3.05, 3.63) is 0 Å².